The highest BCUT2D eigenvalue weighted by molar-refractivity contribution is 5.91. The maximum atomic E-state index is 12.2. The van der Waals surface area contributed by atoms with Crippen molar-refractivity contribution in [2.75, 3.05) is 13.1 Å². The molecule has 180 valence electrons. The summed E-state index contributed by atoms with van der Waals surface area (Å²) in [5, 5.41) is 5.27. The van der Waals surface area contributed by atoms with E-state index >= 15 is 0 Å². The third-order valence-electron chi connectivity index (χ3n) is 5.82. The van der Waals surface area contributed by atoms with E-state index < -0.39 is 0 Å². The average Bonchev–Trinajstić information content (AvgIpc) is 2.92. The van der Waals surface area contributed by atoms with Crippen molar-refractivity contribution in [2.45, 2.75) is 12.8 Å². The van der Waals surface area contributed by atoms with Crippen molar-refractivity contribution in [3.05, 3.63) is 120 Å². The fourth-order valence-corrected chi connectivity index (χ4v) is 3.84. The van der Waals surface area contributed by atoms with E-state index in [-0.39, 0.29) is 43.5 Å². The van der Waals surface area contributed by atoms with Gasteiger partial charge in [0.15, 0.2) is 5.78 Å². The van der Waals surface area contributed by atoms with Crippen LogP contribution in [0.15, 0.2) is 109 Å². The predicted octanol–water partition coefficient (Wildman–Crippen LogP) is 4.61. The van der Waals surface area contributed by atoms with Crippen LogP contribution in [-0.2, 0) is 27.2 Å². The van der Waals surface area contributed by atoms with E-state index in [1.165, 1.54) is 0 Å². The summed E-state index contributed by atoms with van der Waals surface area (Å²) in [6, 6.07) is 35.6. The van der Waals surface area contributed by atoms with Crippen molar-refractivity contribution in [3.8, 4) is 22.3 Å². The Labute approximate surface area is 211 Å². The van der Waals surface area contributed by atoms with Crippen molar-refractivity contribution in [1.82, 2.24) is 10.6 Å². The van der Waals surface area contributed by atoms with Gasteiger partial charge in [0.1, 0.15) is 0 Å². The molecule has 0 aromatic heterocycles. The number of hydrogen-bond acceptors (Lipinski definition) is 3. The molecule has 0 heterocycles. The van der Waals surface area contributed by atoms with E-state index in [1.54, 1.807) is 0 Å². The van der Waals surface area contributed by atoms with Crippen molar-refractivity contribution >= 4 is 17.6 Å². The molecule has 5 heteroatoms. The zero-order valence-corrected chi connectivity index (χ0v) is 19.9. The Morgan fingerprint density at radius 1 is 0.444 bits per heavy atom. The van der Waals surface area contributed by atoms with Crippen LogP contribution < -0.4 is 10.6 Å². The number of hydrogen-bond donors (Lipinski definition) is 2. The fourth-order valence-electron chi connectivity index (χ4n) is 3.84. The predicted molar refractivity (Wildman–Crippen MR) is 142 cm³/mol. The molecule has 0 spiro atoms. The Morgan fingerprint density at radius 3 is 1.14 bits per heavy atom. The molecule has 5 nitrogen and oxygen atoms in total. The summed E-state index contributed by atoms with van der Waals surface area (Å²) in [6.07, 6.45) is 0.376. The van der Waals surface area contributed by atoms with E-state index in [9.17, 15) is 14.4 Å². The molecule has 4 rings (SSSR count). The summed E-state index contributed by atoms with van der Waals surface area (Å²) in [4.78, 5) is 36.6. The molecular weight excluding hydrogens is 448 g/mol. The third kappa shape index (κ3) is 7.24. The van der Waals surface area contributed by atoms with Gasteiger partial charge in [0.25, 0.3) is 0 Å². The number of amides is 2. The Hall–Kier alpha value is -4.51. The van der Waals surface area contributed by atoms with Gasteiger partial charge in [-0.15, -0.1) is 0 Å². The van der Waals surface area contributed by atoms with E-state index in [1.807, 2.05) is 109 Å². The lowest BCUT2D eigenvalue weighted by Crippen LogP contribution is -2.37. The largest absolute Gasteiger partial charge is 0.349 e. The first-order chi connectivity index (χ1) is 17.6. The topological polar surface area (TPSA) is 75.3 Å². The van der Waals surface area contributed by atoms with Crippen molar-refractivity contribution in [2.24, 2.45) is 0 Å². The minimum Gasteiger partial charge on any atom is -0.349 e. The highest BCUT2D eigenvalue weighted by Gasteiger charge is 2.10. The number of rotatable bonds is 10. The van der Waals surface area contributed by atoms with Gasteiger partial charge in [0, 0.05) is 0 Å². The quantitative estimate of drug-likeness (QED) is 0.351. The van der Waals surface area contributed by atoms with Gasteiger partial charge in [-0.3, -0.25) is 14.4 Å². The maximum absolute atomic E-state index is 12.2. The maximum Gasteiger partial charge on any atom is 0.224 e. The second-order valence-corrected chi connectivity index (χ2v) is 8.57. The minimum atomic E-state index is -0.254. The van der Waals surface area contributed by atoms with Crippen LogP contribution in [0.5, 0.6) is 0 Å². The number of Topliss-reactive ketones (excluding diaryl/α,β-unsaturated/α-hetero) is 1. The standard InChI is InChI=1S/C31H28N2O3/c34-29(21-32-30(35)19-23-11-15-27(16-12-23)25-7-3-1-4-8-25)22-33-31(36)20-24-13-17-28(18-14-24)26-9-5-2-6-10-26/h1-18H,19-22H2,(H,32,35)(H,33,36). The van der Waals surface area contributed by atoms with Crippen LogP contribution in [-0.4, -0.2) is 30.7 Å². The first-order valence-electron chi connectivity index (χ1n) is 11.9. The van der Waals surface area contributed by atoms with Gasteiger partial charge in [0.05, 0.1) is 25.9 Å². The zero-order valence-electron chi connectivity index (χ0n) is 19.9. The summed E-state index contributed by atoms with van der Waals surface area (Å²) < 4.78 is 0. The molecule has 0 unspecified atom stereocenters. The normalized spacial score (nSPS) is 10.4. The van der Waals surface area contributed by atoms with E-state index in [0.717, 1.165) is 33.4 Å². The molecule has 36 heavy (non-hydrogen) atoms. The van der Waals surface area contributed by atoms with Gasteiger partial charge >= 0.3 is 0 Å². The van der Waals surface area contributed by atoms with Crippen molar-refractivity contribution < 1.29 is 14.4 Å². The van der Waals surface area contributed by atoms with Crippen LogP contribution >= 0.6 is 0 Å². The van der Waals surface area contributed by atoms with Gasteiger partial charge in [-0.05, 0) is 33.4 Å². The Bertz CT molecular complexity index is 1200. The molecule has 0 saturated heterocycles. The first kappa shape index (κ1) is 24.6. The molecule has 0 aliphatic heterocycles. The van der Waals surface area contributed by atoms with Crippen LogP contribution in [0.3, 0.4) is 0 Å². The molecule has 0 aliphatic rings. The van der Waals surface area contributed by atoms with Crippen molar-refractivity contribution in [1.29, 1.82) is 0 Å². The van der Waals surface area contributed by atoms with Gasteiger partial charge in [0.2, 0.25) is 11.8 Å². The van der Waals surface area contributed by atoms with Crippen molar-refractivity contribution in [3.63, 3.8) is 0 Å². The number of nitrogens with one attached hydrogen (secondary N) is 2. The number of carbonyl (C=O) groups is 3. The Balaban J connectivity index is 1.16. The summed E-state index contributed by atoms with van der Waals surface area (Å²) >= 11 is 0. The highest BCUT2D eigenvalue weighted by atomic mass is 16.2. The first-order valence-corrected chi connectivity index (χ1v) is 11.9. The molecule has 4 aromatic carbocycles. The summed E-state index contributed by atoms with van der Waals surface area (Å²) in [7, 11) is 0. The second kappa shape index (κ2) is 12.3. The third-order valence-corrected chi connectivity index (χ3v) is 5.82. The molecule has 0 bridgehead atoms. The highest BCUT2D eigenvalue weighted by Crippen LogP contribution is 2.20. The van der Waals surface area contributed by atoms with E-state index in [2.05, 4.69) is 10.6 Å². The zero-order chi connectivity index (χ0) is 25.2. The molecule has 0 aliphatic carbocycles. The minimum absolute atomic E-state index is 0.118. The van der Waals surface area contributed by atoms with Crippen LogP contribution in [0.25, 0.3) is 22.3 Å². The SMILES string of the molecule is O=C(CNC(=O)Cc1ccc(-c2ccccc2)cc1)CNC(=O)Cc1ccc(-c2ccccc2)cc1. The van der Waals surface area contributed by atoms with Gasteiger partial charge in [-0.2, -0.15) is 0 Å². The smallest absolute Gasteiger partial charge is 0.224 e. The van der Waals surface area contributed by atoms with Gasteiger partial charge in [-0.25, -0.2) is 0 Å². The van der Waals surface area contributed by atoms with Crippen LogP contribution in [0, 0.1) is 0 Å². The molecular formula is C31H28N2O3. The molecule has 0 atom stereocenters. The second-order valence-electron chi connectivity index (χ2n) is 8.57. The Kier molecular flexibility index (Phi) is 8.39. The molecule has 2 amide bonds. The lowest BCUT2D eigenvalue weighted by molar-refractivity contribution is -0.126. The number of ketones is 1. The summed E-state index contributed by atoms with van der Waals surface area (Å²) in [6.45, 7) is -0.236. The monoisotopic (exact) mass is 476 g/mol. The van der Waals surface area contributed by atoms with E-state index in [4.69, 9.17) is 0 Å². The van der Waals surface area contributed by atoms with Crippen LogP contribution in [0.2, 0.25) is 0 Å². The number of benzene rings is 4. The van der Waals surface area contributed by atoms with Gasteiger partial charge < -0.3 is 10.6 Å². The molecule has 0 saturated carbocycles. The summed E-state index contributed by atoms with van der Waals surface area (Å²) in [5.74, 6) is -0.725. The molecule has 0 fully saturated rings. The molecule has 0 radical (unpaired) electrons. The Morgan fingerprint density at radius 2 is 0.778 bits per heavy atom. The molecule has 2 N–H and O–H groups in total. The lowest BCUT2D eigenvalue weighted by Gasteiger charge is -2.08. The van der Waals surface area contributed by atoms with Crippen LogP contribution in [0.4, 0.5) is 0 Å². The summed E-state index contributed by atoms with van der Waals surface area (Å²) in [5.41, 5.74) is 6.13. The number of carbonyl (C=O) groups excluding carboxylic acids is 3. The van der Waals surface area contributed by atoms with Crippen LogP contribution in [0.1, 0.15) is 11.1 Å². The van der Waals surface area contributed by atoms with E-state index in [0.29, 0.717) is 0 Å². The molecule has 4 aromatic rings. The lowest BCUT2D eigenvalue weighted by atomic mass is 10.0. The fraction of sp³-hybridized carbons (Fsp3) is 0.129. The average molecular weight is 477 g/mol. The van der Waals surface area contributed by atoms with Gasteiger partial charge in [-0.1, -0.05) is 109 Å².